The molecule has 0 aromatic rings. The van der Waals surface area contributed by atoms with Crippen LogP contribution in [-0.2, 0) is 42.9 Å². The van der Waals surface area contributed by atoms with Gasteiger partial charge in [-0.25, -0.2) is 4.79 Å². The SMILES string of the molecule is CCCCC/C=C\C/C=C\CCCCCCCCCC(=O)OC1C(OCC(COC(=O)CCCCCCCCCCCCCCCCC)OC(=O)CCCCCCCCCCC)OC(C(=O)O)C(O)C1O. The fraction of sp³-hybridized carbons (Fsp3) is 0.864. The summed E-state index contributed by atoms with van der Waals surface area (Å²) in [7, 11) is 0. The van der Waals surface area contributed by atoms with Crippen molar-refractivity contribution in [3.8, 4) is 0 Å². The first-order chi connectivity index (χ1) is 34.6. The third-order valence-corrected chi connectivity index (χ3v) is 13.5. The van der Waals surface area contributed by atoms with Crippen LogP contribution in [0.3, 0.4) is 0 Å². The standard InChI is InChI=1S/C59H106O12/c1-4-7-10-13-16-19-21-23-25-26-28-30-32-35-38-41-44-47-53(62)70-57-55(64)54(63)56(58(65)66)71-59(57)68-49-50(69-52(61)46-43-40-37-33-18-15-12-9-6-3)48-67-51(60)45-42-39-36-34-31-29-27-24-22-20-17-14-11-8-5-2/h16,19,23,25,50,54-57,59,63-64H,4-15,17-18,20-22,24,26-49H2,1-3H3,(H,65,66)/b19-16-,25-23-. The number of aliphatic hydroxyl groups excluding tert-OH is 2. The molecule has 71 heavy (non-hydrogen) atoms. The topological polar surface area (TPSA) is 175 Å². The first-order valence-corrected chi connectivity index (χ1v) is 29.3. The Morgan fingerprint density at radius 3 is 1.30 bits per heavy atom. The average Bonchev–Trinajstić information content (AvgIpc) is 3.35. The van der Waals surface area contributed by atoms with Gasteiger partial charge in [-0.05, 0) is 51.4 Å². The van der Waals surface area contributed by atoms with Gasteiger partial charge in [-0.15, -0.1) is 0 Å². The summed E-state index contributed by atoms with van der Waals surface area (Å²) in [5.74, 6) is -3.10. The Bertz CT molecular complexity index is 1340. The highest BCUT2D eigenvalue weighted by atomic mass is 16.7. The molecule has 6 unspecified atom stereocenters. The van der Waals surface area contributed by atoms with E-state index in [0.29, 0.717) is 19.3 Å². The molecular weight excluding hydrogens is 901 g/mol. The molecule has 414 valence electrons. The van der Waals surface area contributed by atoms with Crippen LogP contribution < -0.4 is 0 Å². The van der Waals surface area contributed by atoms with Crippen molar-refractivity contribution in [2.75, 3.05) is 13.2 Å². The number of esters is 3. The summed E-state index contributed by atoms with van der Waals surface area (Å²) in [4.78, 5) is 51.0. The second-order valence-corrected chi connectivity index (χ2v) is 20.3. The Morgan fingerprint density at radius 2 is 0.845 bits per heavy atom. The lowest BCUT2D eigenvalue weighted by Crippen LogP contribution is -2.61. The van der Waals surface area contributed by atoms with Gasteiger partial charge in [0.05, 0.1) is 6.61 Å². The summed E-state index contributed by atoms with van der Waals surface area (Å²) in [6, 6.07) is 0. The van der Waals surface area contributed by atoms with Gasteiger partial charge < -0.3 is 39.0 Å². The molecule has 0 amide bonds. The monoisotopic (exact) mass is 1010 g/mol. The molecule has 0 aliphatic carbocycles. The van der Waals surface area contributed by atoms with Gasteiger partial charge in [0.25, 0.3) is 0 Å². The summed E-state index contributed by atoms with van der Waals surface area (Å²) in [5, 5.41) is 31.4. The molecule has 12 nitrogen and oxygen atoms in total. The van der Waals surface area contributed by atoms with Crippen LogP contribution >= 0.6 is 0 Å². The van der Waals surface area contributed by atoms with E-state index in [2.05, 4.69) is 45.1 Å². The molecule has 0 aromatic heterocycles. The van der Waals surface area contributed by atoms with Crippen LogP contribution in [0.25, 0.3) is 0 Å². The lowest BCUT2D eigenvalue weighted by Gasteiger charge is -2.40. The number of hydrogen-bond acceptors (Lipinski definition) is 11. The van der Waals surface area contributed by atoms with Gasteiger partial charge in [0, 0.05) is 19.3 Å². The van der Waals surface area contributed by atoms with E-state index in [-0.39, 0.29) is 25.9 Å². The molecule has 1 heterocycles. The van der Waals surface area contributed by atoms with Crippen LogP contribution in [0.1, 0.15) is 278 Å². The van der Waals surface area contributed by atoms with Gasteiger partial charge in [-0.2, -0.15) is 0 Å². The van der Waals surface area contributed by atoms with Gasteiger partial charge in [0.1, 0.15) is 18.8 Å². The Hall–Kier alpha value is -2.80. The normalized spacial score (nSPS) is 18.6. The largest absolute Gasteiger partial charge is 0.479 e. The molecule has 1 aliphatic rings. The van der Waals surface area contributed by atoms with E-state index >= 15 is 0 Å². The van der Waals surface area contributed by atoms with E-state index < -0.39 is 67.3 Å². The number of unbranched alkanes of at least 4 members (excludes halogenated alkanes) is 32. The molecule has 12 heteroatoms. The molecule has 0 saturated carbocycles. The lowest BCUT2D eigenvalue weighted by molar-refractivity contribution is -0.301. The number of carboxylic acid groups (broad SMARTS) is 1. The van der Waals surface area contributed by atoms with Gasteiger partial charge in [0.2, 0.25) is 0 Å². The maximum atomic E-state index is 13.1. The number of carboxylic acids is 1. The summed E-state index contributed by atoms with van der Waals surface area (Å²) >= 11 is 0. The molecule has 6 atom stereocenters. The molecule has 1 rings (SSSR count). The third kappa shape index (κ3) is 38.4. The molecule has 0 bridgehead atoms. The number of carbonyl (C=O) groups excluding carboxylic acids is 3. The fourth-order valence-electron chi connectivity index (χ4n) is 8.99. The summed E-state index contributed by atoms with van der Waals surface area (Å²) < 4.78 is 28.4. The van der Waals surface area contributed by atoms with Crippen LogP contribution in [0.15, 0.2) is 24.3 Å². The molecule has 1 fully saturated rings. The van der Waals surface area contributed by atoms with Crippen LogP contribution in [0, 0.1) is 0 Å². The van der Waals surface area contributed by atoms with Crippen molar-refractivity contribution in [3.05, 3.63) is 24.3 Å². The second kappa shape index (κ2) is 48.2. The zero-order valence-electron chi connectivity index (χ0n) is 45.5. The molecule has 1 aliphatic heterocycles. The first kappa shape index (κ1) is 66.2. The highest BCUT2D eigenvalue weighted by Crippen LogP contribution is 2.26. The van der Waals surface area contributed by atoms with Crippen molar-refractivity contribution < 1.29 is 58.2 Å². The highest BCUT2D eigenvalue weighted by Gasteiger charge is 2.50. The number of allylic oxidation sites excluding steroid dienone is 4. The van der Waals surface area contributed by atoms with E-state index in [0.717, 1.165) is 89.9 Å². The van der Waals surface area contributed by atoms with Crippen LogP contribution in [0.4, 0.5) is 0 Å². The quantitative estimate of drug-likeness (QED) is 0.0228. The smallest absolute Gasteiger partial charge is 0.335 e. The van der Waals surface area contributed by atoms with E-state index in [9.17, 15) is 34.5 Å². The third-order valence-electron chi connectivity index (χ3n) is 13.5. The molecule has 1 saturated heterocycles. The number of aliphatic hydroxyl groups is 2. The Morgan fingerprint density at radius 1 is 0.465 bits per heavy atom. The van der Waals surface area contributed by atoms with Crippen LogP contribution in [0.5, 0.6) is 0 Å². The van der Waals surface area contributed by atoms with Crippen LogP contribution in [0.2, 0.25) is 0 Å². The van der Waals surface area contributed by atoms with Crippen molar-refractivity contribution >= 4 is 23.9 Å². The van der Waals surface area contributed by atoms with Crippen molar-refractivity contribution in [2.24, 2.45) is 0 Å². The predicted molar refractivity (Wildman–Crippen MR) is 285 cm³/mol. The summed E-state index contributed by atoms with van der Waals surface area (Å²) in [6.07, 6.45) is 41.6. The van der Waals surface area contributed by atoms with Crippen LogP contribution in [-0.4, -0.2) is 89.2 Å². The fourth-order valence-corrected chi connectivity index (χ4v) is 8.99. The minimum absolute atomic E-state index is 0.0562. The van der Waals surface area contributed by atoms with Crippen molar-refractivity contribution in [2.45, 2.75) is 314 Å². The van der Waals surface area contributed by atoms with E-state index in [4.69, 9.17) is 23.7 Å². The van der Waals surface area contributed by atoms with Gasteiger partial charge in [0.15, 0.2) is 24.6 Å². The highest BCUT2D eigenvalue weighted by molar-refractivity contribution is 5.74. The maximum Gasteiger partial charge on any atom is 0.335 e. The summed E-state index contributed by atoms with van der Waals surface area (Å²) in [5.41, 5.74) is 0. The summed E-state index contributed by atoms with van der Waals surface area (Å²) in [6.45, 7) is 5.96. The predicted octanol–water partition coefficient (Wildman–Crippen LogP) is 14.7. The van der Waals surface area contributed by atoms with Crippen molar-refractivity contribution in [1.82, 2.24) is 0 Å². The first-order valence-electron chi connectivity index (χ1n) is 29.3. The average molecular weight is 1010 g/mol. The number of hydrogen-bond donors (Lipinski definition) is 3. The molecule has 0 spiro atoms. The van der Waals surface area contributed by atoms with E-state index in [1.165, 1.54) is 128 Å². The zero-order chi connectivity index (χ0) is 51.8. The Kier molecular flexibility index (Phi) is 44.9. The number of ether oxygens (including phenoxy) is 5. The molecule has 0 radical (unpaired) electrons. The van der Waals surface area contributed by atoms with Gasteiger partial charge >= 0.3 is 23.9 Å². The molecule has 3 N–H and O–H groups in total. The molecular formula is C59H106O12. The van der Waals surface area contributed by atoms with Crippen molar-refractivity contribution in [1.29, 1.82) is 0 Å². The lowest BCUT2D eigenvalue weighted by atomic mass is 9.98. The van der Waals surface area contributed by atoms with E-state index in [1.807, 2.05) is 0 Å². The minimum atomic E-state index is -1.90. The zero-order valence-corrected chi connectivity index (χ0v) is 45.5. The second-order valence-electron chi connectivity index (χ2n) is 20.3. The Balaban J connectivity index is 2.64. The minimum Gasteiger partial charge on any atom is -0.479 e. The Labute approximate surface area is 432 Å². The van der Waals surface area contributed by atoms with E-state index in [1.54, 1.807) is 0 Å². The number of rotatable bonds is 50. The maximum absolute atomic E-state index is 13.1. The van der Waals surface area contributed by atoms with Gasteiger partial charge in [-0.1, -0.05) is 231 Å². The van der Waals surface area contributed by atoms with Gasteiger partial charge in [-0.3, -0.25) is 14.4 Å². The molecule has 0 aromatic carbocycles. The number of carbonyl (C=O) groups is 4. The number of aliphatic carboxylic acids is 1. The van der Waals surface area contributed by atoms with Crippen molar-refractivity contribution in [3.63, 3.8) is 0 Å².